The van der Waals surface area contributed by atoms with Crippen molar-refractivity contribution in [1.82, 2.24) is 0 Å². The van der Waals surface area contributed by atoms with Crippen molar-refractivity contribution in [3.63, 3.8) is 0 Å². The summed E-state index contributed by atoms with van der Waals surface area (Å²) in [6.45, 7) is 1.90. The van der Waals surface area contributed by atoms with E-state index in [-0.39, 0.29) is 5.91 Å². The molecule has 0 atom stereocenters. The van der Waals surface area contributed by atoms with Gasteiger partial charge < -0.3 is 9.15 Å². The Kier molecular flexibility index (Phi) is 5.70. The normalized spacial score (nSPS) is 14.0. The van der Waals surface area contributed by atoms with Crippen molar-refractivity contribution in [2.24, 2.45) is 0 Å². The van der Waals surface area contributed by atoms with Crippen molar-refractivity contribution in [3.8, 4) is 5.75 Å². The Morgan fingerprint density at radius 3 is 2.50 bits per heavy atom. The first-order valence-corrected chi connectivity index (χ1v) is 10.5. The largest absolute Gasteiger partial charge is 0.495 e. The highest BCUT2D eigenvalue weighted by atomic mass is 35.5. The van der Waals surface area contributed by atoms with Gasteiger partial charge in [-0.3, -0.25) is 9.59 Å². The lowest BCUT2D eigenvalue weighted by molar-refractivity contribution is -0.119. The maximum atomic E-state index is 13.5. The van der Waals surface area contributed by atoms with Crippen LogP contribution in [0.25, 0.3) is 5.57 Å². The van der Waals surface area contributed by atoms with E-state index in [1.165, 1.54) is 23.8 Å². The zero-order valence-electron chi connectivity index (χ0n) is 16.3. The molecular formula is C23H18ClNO4S. The van der Waals surface area contributed by atoms with Crippen molar-refractivity contribution in [3.05, 3.63) is 87.7 Å². The van der Waals surface area contributed by atoms with E-state index in [0.717, 1.165) is 11.3 Å². The van der Waals surface area contributed by atoms with Crippen LogP contribution in [0.15, 0.2) is 70.2 Å². The van der Waals surface area contributed by atoms with Gasteiger partial charge >= 0.3 is 0 Å². The predicted molar refractivity (Wildman–Crippen MR) is 119 cm³/mol. The van der Waals surface area contributed by atoms with Gasteiger partial charge in [0.25, 0.3) is 11.8 Å². The molecule has 7 heteroatoms. The zero-order chi connectivity index (χ0) is 21.3. The lowest BCUT2D eigenvalue weighted by Gasteiger charge is -2.19. The van der Waals surface area contributed by atoms with E-state index >= 15 is 0 Å². The maximum absolute atomic E-state index is 13.5. The summed E-state index contributed by atoms with van der Waals surface area (Å²) in [7, 11) is 1.51. The summed E-state index contributed by atoms with van der Waals surface area (Å²) in [5.74, 6) is 0.820. The Labute approximate surface area is 183 Å². The van der Waals surface area contributed by atoms with Gasteiger partial charge in [-0.05, 0) is 54.4 Å². The number of thioether (sulfide) groups is 1. The Morgan fingerprint density at radius 1 is 1.07 bits per heavy atom. The molecule has 0 saturated carbocycles. The van der Waals surface area contributed by atoms with Crippen LogP contribution in [0.5, 0.6) is 5.75 Å². The molecule has 30 heavy (non-hydrogen) atoms. The summed E-state index contributed by atoms with van der Waals surface area (Å²) < 4.78 is 10.8. The first kappa shape index (κ1) is 20.3. The highest BCUT2D eigenvalue weighted by molar-refractivity contribution is 8.03. The van der Waals surface area contributed by atoms with Crippen LogP contribution in [0.4, 0.5) is 5.69 Å². The van der Waals surface area contributed by atoms with Crippen LogP contribution >= 0.6 is 23.4 Å². The summed E-state index contributed by atoms with van der Waals surface area (Å²) in [4.78, 5) is 28.4. The molecule has 0 aliphatic carbocycles. The topological polar surface area (TPSA) is 59.8 Å². The van der Waals surface area contributed by atoms with E-state index in [1.807, 2.05) is 19.1 Å². The molecule has 0 unspecified atom stereocenters. The number of nitrogens with zero attached hydrogens (tertiary/aromatic N) is 1. The number of hydrogen-bond acceptors (Lipinski definition) is 5. The molecule has 0 saturated heterocycles. The highest BCUT2D eigenvalue weighted by Gasteiger charge is 2.41. The molecule has 1 aromatic heterocycles. The molecule has 0 spiro atoms. The third kappa shape index (κ3) is 3.76. The van der Waals surface area contributed by atoms with E-state index in [0.29, 0.717) is 38.3 Å². The molecule has 1 aliphatic heterocycles. The summed E-state index contributed by atoms with van der Waals surface area (Å²) in [5.41, 5.74) is 2.31. The van der Waals surface area contributed by atoms with Crippen molar-refractivity contribution < 1.29 is 18.7 Å². The summed E-state index contributed by atoms with van der Waals surface area (Å²) >= 11 is 7.29. The number of furan rings is 1. The molecule has 152 valence electrons. The van der Waals surface area contributed by atoms with Gasteiger partial charge in [-0.1, -0.05) is 29.8 Å². The number of ether oxygens (including phenoxy) is 1. The van der Waals surface area contributed by atoms with Crippen molar-refractivity contribution in [2.45, 2.75) is 12.7 Å². The number of hydrogen-bond donors (Lipinski definition) is 0. The van der Waals surface area contributed by atoms with Gasteiger partial charge in [0.2, 0.25) is 0 Å². The monoisotopic (exact) mass is 439 g/mol. The molecule has 2 amide bonds. The lowest BCUT2D eigenvalue weighted by atomic mass is 10.1. The molecule has 2 heterocycles. The number of benzene rings is 2. The summed E-state index contributed by atoms with van der Waals surface area (Å²) in [6, 6.07) is 15.9. The standard InChI is InChI=1S/C23H18ClNO4S/c1-14-5-10-19(28-2)18(12-14)25-22(26)20(15-6-8-16(24)9-7-15)21(23(25)27)30-13-17-4-3-11-29-17/h3-12H,13H2,1-2H3. The minimum Gasteiger partial charge on any atom is -0.495 e. The molecule has 3 aromatic rings. The van der Waals surface area contributed by atoms with E-state index in [4.69, 9.17) is 20.8 Å². The minimum absolute atomic E-state index is 0.344. The van der Waals surface area contributed by atoms with Crippen LogP contribution in [-0.4, -0.2) is 18.9 Å². The van der Waals surface area contributed by atoms with Crippen LogP contribution in [-0.2, 0) is 15.3 Å². The number of methoxy groups -OCH3 is 1. The molecule has 1 aliphatic rings. The second-order valence-electron chi connectivity index (χ2n) is 6.70. The fourth-order valence-electron chi connectivity index (χ4n) is 3.25. The number of carbonyl (C=O) groups is 2. The van der Waals surface area contributed by atoms with Crippen LogP contribution < -0.4 is 9.64 Å². The highest BCUT2D eigenvalue weighted by Crippen LogP contribution is 2.42. The lowest BCUT2D eigenvalue weighted by Crippen LogP contribution is -2.31. The number of halogens is 1. The molecule has 5 nitrogen and oxygen atoms in total. The van der Waals surface area contributed by atoms with Gasteiger partial charge in [0, 0.05) is 5.02 Å². The summed E-state index contributed by atoms with van der Waals surface area (Å²) in [5, 5.41) is 0.554. The number of imide groups is 1. The number of anilines is 1. The number of rotatable bonds is 6. The predicted octanol–water partition coefficient (Wildman–Crippen LogP) is 5.47. The van der Waals surface area contributed by atoms with Crippen LogP contribution in [0, 0.1) is 6.92 Å². The van der Waals surface area contributed by atoms with E-state index in [2.05, 4.69) is 0 Å². The van der Waals surface area contributed by atoms with Gasteiger partial charge in [0.15, 0.2) is 0 Å². The Bertz CT molecular complexity index is 1140. The van der Waals surface area contributed by atoms with Crippen LogP contribution in [0.3, 0.4) is 0 Å². The average molecular weight is 440 g/mol. The van der Waals surface area contributed by atoms with Crippen molar-refractivity contribution >= 4 is 46.4 Å². The zero-order valence-corrected chi connectivity index (χ0v) is 17.9. The van der Waals surface area contributed by atoms with Gasteiger partial charge in [0.05, 0.1) is 35.3 Å². The van der Waals surface area contributed by atoms with Crippen LogP contribution in [0.2, 0.25) is 5.02 Å². The molecule has 0 radical (unpaired) electrons. The summed E-state index contributed by atoms with van der Waals surface area (Å²) in [6.07, 6.45) is 1.58. The third-order valence-corrected chi connectivity index (χ3v) is 6.04. The first-order chi connectivity index (χ1) is 14.5. The van der Waals surface area contributed by atoms with E-state index < -0.39 is 5.91 Å². The van der Waals surface area contributed by atoms with E-state index in [1.54, 1.807) is 48.7 Å². The average Bonchev–Trinajstić information content (AvgIpc) is 3.33. The fraction of sp³-hybridized carbons (Fsp3) is 0.130. The van der Waals surface area contributed by atoms with Gasteiger partial charge in [-0.15, -0.1) is 11.8 Å². The number of carbonyl (C=O) groups excluding carboxylic acids is 2. The van der Waals surface area contributed by atoms with Gasteiger partial charge in [-0.2, -0.15) is 0 Å². The molecule has 4 rings (SSSR count). The third-order valence-electron chi connectivity index (χ3n) is 4.69. The quantitative estimate of drug-likeness (QED) is 0.477. The number of aryl methyl sites for hydroxylation is 1. The van der Waals surface area contributed by atoms with E-state index in [9.17, 15) is 9.59 Å². The first-order valence-electron chi connectivity index (χ1n) is 9.18. The second-order valence-corrected chi connectivity index (χ2v) is 8.12. The molecule has 2 aromatic carbocycles. The Hall–Kier alpha value is -2.96. The van der Waals surface area contributed by atoms with Gasteiger partial charge in [-0.25, -0.2) is 4.90 Å². The molecule has 0 N–H and O–H groups in total. The molecule has 0 fully saturated rings. The molecule has 0 bridgehead atoms. The Morgan fingerprint density at radius 2 is 1.83 bits per heavy atom. The number of amides is 2. The smallest absolute Gasteiger partial charge is 0.272 e. The Balaban J connectivity index is 1.79. The van der Waals surface area contributed by atoms with Crippen molar-refractivity contribution in [1.29, 1.82) is 0 Å². The second kappa shape index (κ2) is 8.42. The van der Waals surface area contributed by atoms with Crippen molar-refractivity contribution in [2.75, 3.05) is 12.0 Å². The fourth-order valence-corrected chi connectivity index (χ4v) is 4.39. The molecular weight excluding hydrogens is 422 g/mol. The SMILES string of the molecule is COc1ccc(C)cc1N1C(=O)C(SCc2ccco2)=C(c2ccc(Cl)cc2)C1=O. The van der Waals surface area contributed by atoms with Crippen LogP contribution in [0.1, 0.15) is 16.9 Å². The minimum atomic E-state index is -0.395. The maximum Gasteiger partial charge on any atom is 0.272 e. The van der Waals surface area contributed by atoms with Gasteiger partial charge in [0.1, 0.15) is 11.5 Å².